The highest BCUT2D eigenvalue weighted by Crippen LogP contribution is 2.35. The summed E-state index contributed by atoms with van der Waals surface area (Å²) in [5.41, 5.74) is 7.29. The number of aromatic nitrogens is 1. The number of benzene rings is 4. The summed E-state index contributed by atoms with van der Waals surface area (Å²) in [7, 11) is 5.34. The summed E-state index contributed by atoms with van der Waals surface area (Å²) >= 11 is 0. The van der Waals surface area contributed by atoms with Crippen LogP contribution in [0.5, 0.6) is 23.0 Å². The van der Waals surface area contributed by atoms with Crippen LogP contribution in [0.25, 0.3) is 22.0 Å². The third-order valence-electron chi connectivity index (χ3n) is 7.09. The Morgan fingerprint density at radius 1 is 0.872 bits per heavy atom. The van der Waals surface area contributed by atoms with Gasteiger partial charge in [-0.2, -0.15) is 5.10 Å². The monoisotopic (exact) mass is 634 g/mol. The van der Waals surface area contributed by atoms with Crippen molar-refractivity contribution in [3.63, 3.8) is 0 Å². The number of ether oxygens (including phenoxy) is 4. The first-order chi connectivity index (χ1) is 22.7. The molecule has 0 aliphatic rings. The van der Waals surface area contributed by atoms with Crippen LogP contribution in [-0.4, -0.2) is 56.9 Å². The third kappa shape index (κ3) is 7.42. The number of hydrogen-bond donors (Lipinski definition) is 2. The highest BCUT2D eigenvalue weighted by Gasteiger charge is 2.20. The van der Waals surface area contributed by atoms with E-state index in [4.69, 9.17) is 18.9 Å². The van der Waals surface area contributed by atoms with Crippen LogP contribution < -0.4 is 29.3 Å². The molecular weight excluding hydrogens is 600 g/mol. The Kier molecular flexibility index (Phi) is 9.85. The van der Waals surface area contributed by atoms with E-state index >= 15 is 0 Å². The Bertz CT molecular complexity index is 1970. The Morgan fingerprint density at radius 2 is 1.62 bits per heavy atom. The SMILES string of the molecule is CCOc1cc(C=NNC(=O)c2[nH]c3ccc(N(C)C)cc3c2-c2ccccc2)ccc1OC(=O)c1ccc(OC(C)=O)c(OC)c1. The lowest BCUT2D eigenvalue weighted by molar-refractivity contribution is -0.132. The summed E-state index contributed by atoms with van der Waals surface area (Å²) in [6.45, 7) is 3.38. The van der Waals surface area contributed by atoms with E-state index in [0.717, 1.165) is 27.7 Å². The van der Waals surface area contributed by atoms with Gasteiger partial charge in [0.1, 0.15) is 5.69 Å². The fraction of sp³-hybridized carbons (Fsp3) is 0.167. The normalized spacial score (nSPS) is 10.9. The second kappa shape index (κ2) is 14.3. The highest BCUT2D eigenvalue weighted by atomic mass is 16.6. The number of aromatic amines is 1. The van der Waals surface area contributed by atoms with E-state index in [0.29, 0.717) is 23.6 Å². The molecule has 0 saturated carbocycles. The topological polar surface area (TPSA) is 132 Å². The molecule has 5 aromatic rings. The first kappa shape index (κ1) is 32.3. The lowest BCUT2D eigenvalue weighted by atomic mass is 10.0. The molecule has 0 atom stereocenters. The fourth-order valence-corrected chi connectivity index (χ4v) is 4.90. The zero-order valence-electron chi connectivity index (χ0n) is 26.6. The summed E-state index contributed by atoms with van der Waals surface area (Å²) in [6.07, 6.45) is 1.47. The number of anilines is 1. The van der Waals surface area contributed by atoms with Crippen molar-refractivity contribution in [3.8, 4) is 34.1 Å². The molecule has 11 heteroatoms. The third-order valence-corrected chi connectivity index (χ3v) is 7.09. The Morgan fingerprint density at radius 3 is 2.32 bits per heavy atom. The number of methoxy groups -OCH3 is 1. The molecule has 0 radical (unpaired) electrons. The largest absolute Gasteiger partial charge is 0.493 e. The summed E-state index contributed by atoms with van der Waals surface area (Å²) < 4.78 is 21.7. The summed E-state index contributed by atoms with van der Waals surface area (Å²) in [5.74, 6) is -0.721. The van der Waals surface area contributed by atoms with Gasteiger partial charge in [0, 0.05) is 43.2 Å². The zero-order valence-corrected chi connectivity index (χ0v) is 26.6. The lowest BCUT2D eigenvalue weighted by Gasteiger charge is -2.13. The molecule has 0 saturated heterocycles. The molecule has 0 fully saturated rings. The van der Waals surface area contributed by atoms with Crippen molar-refractivity contribution in [1.29, 1.82) is 0 Å². The van der Waals surface area contributed by atoms with Crippen LogP contribution in [0.3, 0.4) is 0 Å². The van der Waals surface area contributed by atoms with Crippen molar-refractivity contribution in [2.24, 2.45) is 5.10 Å². The van der Waals surface area contributed by atoms with E-state index in [2.05, 4.69) is 15.5 Å². The molecule has 0 aliphatic carbocycles. The number of esters is 2. The Hall–Kier alpha value is -6.10. The van der Waals surface area contributed by atoms with Crippen LogP contribution in [0.15, 0.2) is 90.0 Å². The smallest absolute Gasteiger partial charge is 0.343 e. The molecular formula is C36H34N4O7. The van der Waals surface area contributed by atoms with Crippen molar-refractivity contribution >= 4 is 40.7 Å². The Labute approximate surface area is 271 Å². The average molecular weight is 635 g/mol. The number of hydrazone groups is 1. The molecule has 4 aromatic carbocycles. The molecule has 0 bridgehead atoms. The van der Waals surface area contributed by atoms with E-state index in [9.17, 15) is 14.4 Å². The molecule has 11 nitrogen and oxygen atoms in total. The van der Waals surface area contributed by atoms with E-state index < -0.39 is 17.8 Å². The van der Waals surface area contributed by atoms with Gasteiger partial charge >= 0.3 is 11.9 Å². The molecule has 1 aromatic heterocycles. The molecule has 1 heterocycles. The number of hydrogen-bond acceptors (Lipinski definition) is 9. The molecule has 5 rings (SSSR count). The zero-order chi connectivity index (χ0) is 33.5. The predicted molar refractivity (Wildman–Crippen MR) is 180 cm³/mol. The van der Waals surface area contributed by atoms with Crippen molar-refractivity contribution in [2.45, 2.75) is 13.8 Å². The second-order valence-corrected chi connectivity index (χ2v) is 10.6. The van der Waals surface area contributed by atoms with Crippen molar-refractivity contribution in [1.82, 2.24) is 10.4 Å². The summed E-state index contributed by atoms with van der Waals surface area (Å²) in [6, 6.07) is 24.9. The van der Waals surface area contributed by atoms with Gasteiger partial charge in [0.2, 0.25) is 0 Å². The van der Waals surface area contributed by atoms with Crippen LogP contribution in [0.1, 0.15) is 40.3 Å². The number of fused-ring (bicyclic) bond motifs is 1. The summed E-state index contributed by atoms with van der Waals surface area (Å²) in [4.78, 5) is 43.0. The number of nitrogens with zero attached hydrogens (tertiary/aromatic N) is 2. The lowest BCUT2D eigenvalue weighted by Crippen LogP contribution is -2.18. The molecule has 1 amide bonds. The minimum atomic E-state index is -0.669. The van der Waals surface area contributed by atoms with Gasteiger partial charge in [0.15, 0.2) is 23.0 Å². The molecule has 0 spiro atoms. The average Bonchev–Trinajstić information content (AvgIpc) is 3.45. The fourth-order valence-electron chi connectivity index (χ4n) is 4.90. The van der Waals surface area contributed by atoms with Gasteiger partial charge in [-0.1, -0.05) is 30.3 Å². The van der Waals surface area contributed by atoms with Gasteiger partial charge < -0.3 is 28.8 Å². The van der Waals surface area contributed by atoms with E-state index in [1.54, 1.807) is 25.1 Å². The quantitative estimate of drug-likeness (QED) is 0.0758. The first-order valence-corrected chi connectivity index (χ1v) is 14.8. The van der Waals surface area contributed by atoms with Crippen molar-refractivity contribution in [2.75, 3.05) is 32.7 Å². The molecule has 240 valence electrons. The van der Waals surface area contributed by atoms with Crippen LogP contribution in [0.2, 0.25) is 0 Å². The van der Waals surface area contributed by atoms with Crippen molar-refractivity contribution in [3.05, 3.63) is 102 Å². The molecule has 47 heavy (non-hydrogen) atoms. The molecule has 0 unspecified atom stereocenters. The predicted octanol–water partition coefficient (Wildman–Crippen LogP) is 6.22. The standard InChI is InChI=1S/C36H34N4O7/c1-6-45-32-18-23(12-16-30(32)47-36(43)25-13-17-29(46-22(2)41)31(19-25)44-5)21-37-39-35(42)34-33(24-10-8-7-9-11-24)27-20-26(40(3)4)14-15-28(27)38-34/h7-21,38H,6H2,1-5H3,(H,39,42). The van der Waals surface area contributed by atoms with Gasteiger partial charge in [-0.05, 0) is 72.6 Å². The summed E-state index contributed by atoms with van der Waals surface area (Å²) in [5, 5.41) is 5.11. The van der Waals surface area contributed by atoms with Crippen LogP contribution in [0.4, 0.5) is 5.69 Å². The Balaban J connectivity index is 1.35. The van der Waals surface area contributed by atoms with E-state index in [-0.39, 0.29) is 22.8 Å². The van der Waals surface area contributed by atoms with Gasteiger partial charge in [0.25, 0.3) is 5.91 Å². The van der Waals surface area contributed by atoms with Gasteiger partial charge in [-0.3, -0.25) is 9.59 Å². The maximum Gasteiger partial charge on any atom is 0.343 e. The molecule has 0 aliphatic heterocycles. The van der Waals surface area contributed by atoms with Gasteiger partial charge in [0.05, 0.1) is 25.5 Å². The van der Waals surface area contributed by atoms with Gasteiger partial charge in [-0.15, -0.1) is 0 Å². The van der Waals surface area contributed by atoms with Crippen LogP contribution in [-0.2, 0) is 4.79 Å². The highest BCUT2D eigenvalue weighted by molar-refractivity contribution is 6.10. The number of carbonyl (C=O) groups is 3. The van der Waals surface area contributed by atoms with Crippen LogP contribution >= 0.6 is 0 Å². The number of amides is 1. The minimum absolute atomic E-state index is 0.179. The first-order valence-electron chi connectivity index (χ1n) is 14.8. The maximum atomic E-state index is 13.4. The van der Waals surface area contributed by atoms with Gasteiger partial charge in [-0.25, -0.2) is 10.2 Å². The maximum absolute atomic E-state index is 13.4. The number of rotatable bonds is 11. The van der Waals surface area contributed by atoms with E-state index in [1.807, 2.05) is 67.5 Å². The second-order valence-electron chi connectivity index (χ2n) is 10.6. The molecule has 2 N–H and O–H groups in total. The van der Waals surface area contributed by atoms with Crippen LogP contribution in [0, 0.1) is 0 Å². The van der Waals surface area contributed by atoms with Crippen molar-refractivity contribution < 1.29 is 33.3 Å². The number of nitrogens with one attached hydrogen (secondary N) is 2. The minimum Gasteiger partial charge on any atom is -0.493 e. The van der Waals surface area contributed by atoms with E-state index in [1.165, 1.54) is 38.4 Å². The number of carbonyl (C=O) groups excluding carboxylic acids is 3. The number of H-pyrrole nitrogens is 1.